The summed E-state index contributed by atoms with van der Waals surface area (Å²) in [7, 11) is 0. The van der Waals surface area contributed by atoms with Crippen molar-refractivity contribution in [3.63, 3.8) is 0 Å². The van der Waals surface area contributed by atoms with Crippen LogP contribution >= 0.6 is 11.6 Å². The summed E-state index contributed by atoms with van der Waals surface area (Å²) in [6.07, 6.45) is 3.07. The summed E-state index contributed by atoms with van der Waals surface area (Å²) in [6, 6.07) is 15.0. The summed E-state index contributed by atoms with van der Waals surface area (Å²) in [5.74, 6) is -0.662. The predicted octanol–water partition coefficient (Wildman–Crippen LogP) is 4.06. The molecule has 1 aliphatic rings. The van der Waals surface area contributed by atoms with E-state index in [-0.39, 0.29) is 17.3 Å². The van der Waals surface area contributed by atoms with Gasteiger partial charge in [-0.15, -0.1) is 0 Å². The molecule has 124 valence electrons. The van der Waals surface area contributed by atoms with Crippen molar-refractivity contribution in [2.45, 2.75) is 0 Å². The summed E-state index contributed by atoms with van der Waals surface area (Å²) in [5.41, 5.74) is 1.13. The van der Waals surface area contributed by atoms with Gasteiger partial charge >= 0.3 is 5.97 Å². The van der Waals surface area contributed by atoms with E-state index >= 15 is 0 Å². The summed E-state index contributed by atoms with van der Waals surface area (Å²) in [6.45, 7) is 0. The molecule has 6 nitrogen and oxygen atoms in total. The molecule has 0 unspecified atom stereocenters. The second kappa shape index (κ2) is 7.11. The number of carbonyl (C=O) groups excluding carboxylic acids is 1. The van der Waals surface area contributed by atoms with E-state index in [1.54, 1.807) is 12.1 Å². The number of nitro groups is 1. The third kappa shape index (κ3) is 3.99. The van der Waals surface area contributed by atoms with Gasteiger partial charge in [-0.2, -0.15) is 0 Å². The van der Waals surface area contributed by atoms with Crippen LogP contribution in [0, 0.1) is 10.1 Å². The van der Waals surface area contributed by atoms with Crippen molar-refractivity contribution in [2.24, 2.45) is 4.99 Å². The zero-order valence-electron chi connectivity index (χ0n) is 12.8. The maximum atomic E-state index is 11.9. The average molecular weight is 355 g/mol. The van der Waals surface area contributed by atoms with Crippen molar-refractivity contribution in [2.75, 3.05) is 0 Å². The molecule has 25 heavy (non-hydrogen) atoms. The van der Waals surface area contributed by atoms with Crippen molar-refractivity contribution in [3.05, 3.63) is 92.6 Å². The SMILES string of the molecule is O=C1OC(c2cccc([N+](=O)[O-])c2)=N/C1=C\C(Cl)=C\c1ccccc1. The fourth-order valence-corrected chi connectivity index (χ4v) is 2.40. The van der Waals surface area contributed by atoms with Crippen LogP contribution in [0.25, 0.3) is 6.08 Å². The largest absolute Gasteiger partial charge is 0.402 e. The quantitative estimate of drug-likeness (QED) is 0.359. The van der Waals surface area contributed by atoms with Crippen molar-refractivity contribution in [1.82, 2.24) is 0 Å². The van der Waals surface area contributed by atoms with Crippen LogP contribution in [-0.4, -0.2) is 16.8 Å². The maximum Gasteiger partial charge on any atom is 0.363 e. The standard InChI is InChI=1S/C18H11ClN2O4/c19-14(9-12-5-2-1-3-6-12)11-16-18(22)25-17(20-16)13-7-4-8-15(10-13)21(23)24/h1-11H/b14-9-,16-11-. The first kappa shape index (κ1) is 16.6. The number of carbonyl (C=O) groups is 1. The van der Waals surface area contributed by atoms with Gasteiger partial charge < -0.3 is 4.74 Å². The molecular formula is C18H11ClN2O4. The monoisotopic (exact) mass is 354 g/mol. The van der Waals surface area contributed by atoms with E-state index in [0.717, 1.165) is 5.56 Å². The molecule has 0 bridgehead atoms. The van der Waals surface area contributed by atoms with Gasteiger partial charge in [0.2, 0.25) is 5.90 Å². The summed E-state index contributed by atoms with van der Waals surface area (Å²) in [5, 5.41) is 11.1. The molecule has 7 heteroatoms. The number of esters is 1. The first-order valence-electron chi connectivity index (χ1n) is 7.22. The van der Waals surface area contributed by atoms with Gasteiger partial charge in [-0.3, -0.25) is 10.1 Å². The Morgan fingerprint density at radius 2 is 1.92 bits per heavy atom. The van der Waals surface area contributed by atoms with Crippen LogP contribution in [0.4, 0.5) is 5.69 Å². The Kier molecular flexibility index (Phi) is 4.72. The number of cyclic esters (lactones) is 1. The second-order valence-corrected chi connectivity index (χ2v) is 5.52. The minimum atomic E-state index is -0.666. The number of hydrogen-bond donors (Lipinski definition) is 0. The summed E-state index contributed by atoms with van der Waals surface area (Å²) < 4.78 is 5.08. The summed E-state index contributed by atoms with van der Waals surface area (Å²) >= 11 is 6.14. The molecule has 2 aromatic rings. The Morgan fingerprint density at radius 3 is 2.64 bits per heavy atom. The van der Waals surface area contributed by atoms with Gasteiger partial charge in [0.25, 0.3) is 5.69 Å². The molecule has 0 aromatic heterocycles. The highest BCUT2D eigenvalue weighted by Crippen LogP contribution is 2.22. The van der Waals surface area contributed by atoms with Crippen molar-refractivity contribution >= 4 is 35.2 Å². The van der Waals surface area contributed by atoms with Crippen LogP contribution in [-0.2, 0) is 9.53 Å². The number of rotatable bonds is 4. The minimum absolute atomic E-state index is 0.00382. The topological polar surface area (TPSA) is 81.8 Å². The number of nitrogens with zero attached hydrogens (tertiary/aromatic N) is 2. The third-order valence-electron chi connectivity index (χ3n) is 3.30. The minimum Gasteiger partial charge on any atom is -0.402 e. The number of aliphatic imine (C=N–C) groups is 1. The number of allylic oxidation sites excluding steroid dienone is 2. The molecule has 0 spiro atoms. The number of halogens is 1. The van der Waals surface area contributed by atoms with Crippen LogP contribution in [0.2, 0.25) is 0 Å². The van der Waals surface area contributed by atoms with E-state index < -0.39 is 10.9 Å². The normalized spacial score (nSPS) is 15.9. The molecule has 3 rings (SSSR count). The summed E-state index contributed by atoms with van der Waals surface area (Å²) in [4.78, 5) is 26.3. The third-order valence-corrected chi connectivity index (χ3v) is 3.52. The number of benzene rings is 2. The first-order chi connectivity index (χ1) is 12.0. The molecule has 0 amide bonds. The van der Waals surface area contributed by atoms with E-state index in [9.17, 15) is 14.9 Å². The van der Waals surface area contributed by atoms with Gasteiger partial charge in [0.1, 0.15) is 0 Å². The smallest absolute Gasteiger partial charge is 0.363 e. The van der Waals surface area contributed by atoms with Gasteiger partial charge in [-0.1, -0.05) is 48.0 Å². The lowest BCUT2D eigenvalue weighted by atomic mass is 10.2. The average Bonchev–Trinajstić information content (AvgIpc) is 2.96. The van der Waals surface area contributed by atoms with E-state index in [1.165, 1.54) is 24.3 Å². The number of nitro benzene ring substituents is 1. The molecule has 0 atom stereocenters. The van der Waals surface area contributed by atoms with Gasteiger partial charge in [0, 0.05) is 22.7 Å². The molecule has 2 aromatic carbocycles. The number of hydrogen-bond acceptors (Lipinski definition) is 5. The fraction of sp³-hybridized carbons (Fsp3) is 0. The van der Waals surface area contributed by atoms with E-state index in [0.29, 0.717) is 10.6 Å². The van der Waals surface area contributed by atoms with Crippen LogP contribution in [0.3, 0.4) is 0 Å². The van der Waals surface area contributed by atoms with Crippen molar-refractivity contribution < 1.29 is 14.5 Å². The van der Waals surface area contributed by atoms with Gasteiger partial charge in [-0.25, -0.2) is 9.79 Å². The molecule has 0 fully saturated rings. The Morgan fingerprint density at radius 1 is 1.16 bits per heavy atom. The first-order valence-corrected chi connectivity index (χ1v) is 7.60. The highest BCUT2D eigenvalue weighted by Gasteiger charge is 2.25. The van der Waals surface area contributed by atoms with E-state index in [4.69, 9.17) is 16.3 Å². The van der Waals surface area contributed by atoms with Crippen molar-refractivity contribution in [1.29, 1.82) is 0 Å². The molecule has 0 aliphatic carbocycles. The zero-order chi connectivity index (χ0) is 17.8. The van der Waals surface area contributed by atoms with Gasteiger partial charge in [0.15, 0.2) is 5.70 Å². The molecule has 1 heterocycles. The van der Waals surface area contributed by atoms with E-state index in [2.05, 4.69) is 4.99 Å². The Hall–Kier alpha value is -3.25. The lowest BCUT2D eigenvalue weighted by Crippen LogP contribution is -2.05. The van der Waals surface area contributed by atoms with Crippen LogP contribution < -0.4 is 0 Å². The Bertz CT molecular complexity index is 933. The Balaban J connectivity index is 1.88. The maximum absolute atomic E-state index is 11.9. The van der Waals surface area contributed by atoms with Gasteiger partial charge in [-0.05, 0) is 23.8 Å². The van der Waals surface area contributed by atoms with Crippen LogP contribution in [0.15, 0.2) is 76.4 Å². The number of non-ortho nitro benzene ring substituents is 1. The molecule has 0 saturated carbocycles. The highest BCUT2D eigenvalue weighted by atomic mass is 35.5. The lowest BCUT2D eigenvalue weighted by Gasteiger charge is -1.98. The molecule has 1 aliphatic heterocycles. The lowest BCUT2D eigenvalue weighted by molar-refractivity contribution is -0.384. The second-order valence-electron chi connectivity index (χ2n) is 5.08. The fourth-order valence-electron chi connectivity index (χ4n) is 2.17. The zero-order valence-corrected chi connectivity index (χ0v) is 13.5. The highest BCUT2D eigenvalue weighted by molar-refractivity contribution is 6.33. The molecular weight excluding hydrogens is 344 g/mol. The van der Waals surface area contributed by atoms with Crippen LogP contribution in [0.5, 0.6) is 0 Å². The van der Waals surface area contributed by atoms with Crippen LogP contribution in [0.1, 0.15) is 11.1 Å². The van der Waals surface area contributed by atoms with Crippen molar-refractivity contribution in [3.8, 4) is 0 Å². The van der Waals surface area contributed by atoms with Gasteiger partial charge in [0.05, 0.1) is 4.92 Å². The molecule has 0 saturated heterocycles. The molecule has 0 radical (unpaired) electrons. The number of ether oxygens (including phenoxy) is 1. The van der Waals surface area contributed by atoms with E-state index in [1.807, 2.05) is 30.3 Å². The molecule has 0 N–H and O–H groups in total. The Labute approximate surface area is 147 Å². The predicted molar refractivity (Wildman–Crippen MR) is 94.1 cm³/mol.